The molecule has 0 aliphatic heterocycles. The summed E-state index contributed by atoms with van der Waals surface area (Å²) in [6.07, 6.45) is 0. The molecule has 0 fully saturated rings. The number of nitriles is 1. The van der Waals surface area contributed by atoms with Gasteiger partial charge < -0.3 is 10.6 Å². The Morgan fingerprint density at radius 3 is 2.65 bits per heavy atom. The predicted molar refractivity (Wildman–Crippen MR) is 96.4 cm³/mol. The largest absolute Gasteiger partial charge is 0.375 e. The van der Waals surface area contributed by atoms with Crippen LogP contribution >= 0.6 is 35.0 Å². The van der Waals surface area contributed by atoms with Gasteiger partial charge in [0, 0.05) is 4.90 Å². The van der Waals surface area contributed by atoms with Crippen molar-refractivity contribution in [3.05, 3.63) is 52.5 Å². The van der Waals surface area contributed by atoms with Crippen molar-refractivity contribution in [2.24, 2.45) is 0 Å². The Labute approximate surface area is 148 Å². The Bertz CT molecular complexity index is 746. The Kier molecular flexibility index (Phi) is 6.60. The van der Waals surface area contributed by atoms with Crippen LogP contribution in [-0.4, -0.2) is 18.2 Å². The number of amides is 1. The second-order valence-corrected chi connectivity index (χ2v) is 6.25. The first kappa shape index (κ1) is 17.5. The molecule has 118 valence electrons. The van der Waals surface area contributed by atoms with E-state index in [2.05, 4.69) is 16.7 Å². The van der Waals surface area contributed by atoms with Gasteiger partial charge in [0.1, 0.15) is 0 Å². The SMILES string of the molecule is N#CCSc1ccccc1NC(=O)CNc1cccc(Cl)c1Cl. The Morgan fingerprint density at radius 1 is 1.13 bits per heavy atom. The number of nitrogens with one attached hydrogen (secondary N) is 2. The number of hydrogen-bond acceptors (Lipinski definition) is 4. The van der Waals surface area contributed by atoms with Crippen LogP contribution in [0.5, 0.6) is 0 Å². The van der Waals surface area contributed by atoms with Gasteiger partial charge in [-0.3, -0.25) is 4.79 Å². The van der Waals surface area contributed by atoms with Crippen LogP contribution in [0.3, 0.4) is 0 Å². The zero-order valence-corrected chi connectivity index (χ0v) is 14.3. The third-order valence-corrected chi connectivity index (χ3v) is 4.60. The van der Waals surface area contributed by atoms with Crippen molar-refractivity contribution in [1.29, 1.82) is 5.26 Å². The van der Waals surface area contributed by atoms with Gasteiger partial charge in [0.15, 0.2) is 0 Å². The highest BCUT2D eigenvalue weighted by molar-refractivity contribution is 7.99. The molecule has 0 spiro atoms. The average Bonchev–Trinajstić information content (AvgIpc) is 2.55. The summed E-state index contributed by atoms with van der Waals surface area (Å²) in [4.78, 5) is 12.9. The molecular weight excluding hydrogens is 353 g/mol. The van der Waals surface area contributed by atoms with E-state index in [1.807, 2.05) is 18.2 Å². The molecule has 0 saturated carbocycles. The molecule has 0 atom stereocenters. The maximum Gasteiger partial charge on any atom is 0.243 e. The lowest BCUT2D eigenvalue weighted by atomic mass is 10.3. The monoisotopic (exact) mass is 365 g/mol. The van der Waals surface area contributed by atoms with Gasteiger partial charge in [-0.05, 0) is 24.3 Å². The van der Waals surface area contributed by atoms with Crippen LogP contribution in [0.25, 0.3) is 0 Å². The number of halogens is 2. The van der Waals surface area contributed by atoms with Crippen molar-refractivity contribution < 1.29 is 4.79 Å². The molecule has 4 nitrogen and oxygen atoms in total. The molecule has 2 N–H and O–H groups in total. The number of thioether (sulfide) groups is 1. The maximum atomic E-state index is 12.1. The van der Waals surface area contributed by atoms with Gasteiger partial charge in [-0.15, -0.1) is 11.8 Å². The zero-order chi connectivity index (χ0) is 16.7. The van der Waals surface area contributed by atoms with E-state index in [0.717, 1.165) is 4.90 Å². The highest BCUT2D eigenvalue weighted by Gasteiger charge is 2.09. The van der Waals surface area contributed by atoms with Crippen molar-refractivity contribution in [3.63, 3.8) is 0 Å². The molecule has 7 heteroatoms. The third-order valence-electron chi connectivity index (χ3n) is 2.84. The van der Waals surface area contributed by atoms with E-state index in [1.54, 1.807) is 24.3 Å². The minimum absolute atomic E-state index is 0.0529. The maximum absolute atomic E-state index is 12.1. The van der Waals surface area contributed by atoms with Crippen LogP contribution in [-0.2, 0) is 4.79 Å². The smallest absolute Gasteiger partial charge is 0.243 e. The van der Waals surface area contributed by atoms with Gasteiger partial charge in [-0.25, -0.2) is 0 Å². The topological polar surface area (TPSA) is 64.9 Å². The van der Waals surface area contributed by atoms with Crippen LogP contribution in [0.4, 0.5) is 11.4 Å². The molecule has 0 radical (unpaired) electrons. The summed E-state index contributed by atoms with van der Waals surface area (Å²) >= 11 is 13.4. The van der Waals surface area contributed by atoms with E-state index in [1.165, 1.54) is 11.8 Å². The minimum atomic E-state index is -0.217. The van der Waals surface area contributed by atoms with Crippen LogP contribution in [0.1, 0.15) is 0 Å². The first-order valence-electron chi connectivity index (χ1n) is 6.68. The summed E-state index contributed by atoms with van der Waals surface area (Å²) in [5, 5.41) is 15.2. The van der Waals surface area contributed by atoms with Crippen molar-refractivity contribution >= 4 is 52.2 Å². The van der Waals surface area contributed by atoms with E-state index in [0.29, 0.717) is 27.2 Å². The number of carbonyl (C=O) groups excluding carboxylic acids is 1. The highest BCUT2D eigenvalue weighted by atomic mass is 35.5. The Morgan fingerprint density at radius 2 is 1.87 bits per heavy atom. The molecule has 2 aromatic carbocycles. The first-order valence-corrected chi connectivity index (χ1v) is 8.42. The number of rotatable bonds is 6. The molecule has 23 heavy (non-hydrogen) atoms. The third kappa shape index (κ3) is 5.07. The number of nitrogens with zero attached hydrogens (tertiary/aromatic N) is 1. The van der Waals surface area contributed by atoms with Gasteiger partial charge in [-0.1, -0.05) is 41.4 Å². The molecule has 0 aliphatic carbocycles. The van der Waals surface area contributed by atoms with E-state index >= 15 is 0 Å². The summed E-state index contributed by atoms with van der Waals surface area (Å²) in [5.74, 6) is 0.106. The van der Waals surface area contributed by atoms with E-state index in [9.17, 15) is 4.79 Å². The summed E-state index contributed by atoms with van der Waals surface area (Å²) in [6.45, 7) is 0.0529. The number of hydrogen-bond donors (Lipinski definition) is 2. The number of carbonyl (C=O) groups is 1. The van der Waals surface area contributed by atoms with Crippen molar-refractivity contribution in [3.8, 4) is 6.07 Å². The van der Waals surface area contributed by atoms with Crippen LogP contribution in [0.2, 0.25) is 10.0 Å². The lowest BCUT2D eigenvalue weighted by molar-refractivity contribution is -0.114. The summed E-state index contributed by atoms with van der Waals surface area (Å²) < 4.78 is 0. The number of benzene rings is 2. The van der Waals surface area contributed by atoms with Gasteiger partial charge >= 0.3 is 0 Å². The summed E-state index contributed by atoms with van der Waals surface area (Å²) in [6, 6.07) is 14.6. The normalized spacial score (nSPS) is 9.96. The molecule has 0 aromatic heterocycles. The van der Waals surface area contributed by atoms with E-state index < -0.39 is 0 Å². The fourth-order valence-corrected chi connectivity index (χ4v) is 2.85. The molecule has 0 aliphatic rings. The van der Waals surface area contributed by atoms with Gasteiger partial charge in [0.25, 0.3) is 0 Å². The van der Waals surface area contributed by atoms with Crippen LogP contribution in [0, 0.1) is 11.3 Å². The second-order valence-electron chi connectivity index (χ2n) is 4.45. The minimum Gasteiger partial charge on any atom is -0.375 e. The summed E-state index contributed by atoms with van der Waals surface area (Å²) in [5.41, 5.74) is 1.28. The second kappa shape index (κ2) is 8.68. The van der Waals surface area contributed by atoms with Gasteiger partial charge in [-0.2, -0.15) is 5.26 Å². The predicted octanol–water partition coefficient (Wildman–Crippen LogP) is 4.66. The van der Waals surface area contributed by atoms with E-state index in [-0.39, 0.29) is 12.5 Å². The highest BCUT2D eigenvalue weighted by Crippen LogP contribution is 2.29. The summed E-state index contributed by atoms with van der Waals surface area (Å²) in [7, 11) is 0. The first-order chi connectivity index (χ1) is 11.1. The van der Waals surface area contributed by atoms with Crippen LogP contribution < -0.4 is 10.6 Å². The molecule has 1 amide bonds. The Hall–Kier alpha value is -1.87. The number of anilines is 2. The average molecular weight is 366 g/mol. The molecule has 0 unspecified atom stereocenters. The van der Waals surface area contributed by atoms with Crippen LogP contribution in [0.15, 0.2) is 47.4 Å². The Balaban J connectivity index is 1.98. The van der Waals surface area contributed by atoms with Crippen molar-refractivity contribution in [2.45, 2.75) is 4.90 Å². The molecule has 2 rings (SSSR count). The fourth-order valence-electron chi connectivity index (χ4n) is 1.82. The van der Waals surface area contributed by atoms with Crippen molar-refractivity contribution in [2.75, 3.05) is 22.9 Å². The molecular formula is C16H13Cl2N3OS. The lowest BCUT2D eigenvalue weighted by Gasteiger charge is -2.12. The van der Waals surface area contributed by atoms with Crippen molar-refractivity contribution in [1.82, 2.24) is 0 Å². The quantitative estimate of drug-likeness (QED) is 0.730. The number of para-hydroxylation sites is 1. The molecule has 0 bridgehead atoms. The zero-order valence-electron chi connectivity index (χ0n) is 12.0. The van der Waals surface area contributed by atoms with Gasteiger partial charge in [0.05, 0.1) is 39.8 Å². The molecule has 2 aromatic rings. The van der Waals surface area contributed by atoms with Gasteiger partial charge in [0.2, 0.25) is 5.91 Å². The lowest BCUT2D eigenvalue weighted by Crippen LogP contribution is -2.22. The van der Waals surface area contributed by atoms with E-state index in [4.69, 9.17) is 28.5 Å². The molecule has 0 heterocycles. The molecule has 0 saturated heterocycles. The standard InChI is InChI=1S/C16H13Cl2N3OS/c17-11-4-3-6-13(16(11)18)20-10-15(22)21-12-5-1-2-7-14(12)23-9-8-19/h1-7,20H,9-10H2,(H,21,22). The fraction of sp³-hybridized carbons (Fsp3) is 0.125.